The second-order valence-corrected chi connectivity index (χ2v) is 10.5. The van der Waals surface area contributed by atoms with Crippen molar-refractivity contribution in [3.8, 4) is 0 Å². The number of halogens is 1. The standard InChI is InChI=1S/C24H34FN3O4S/c25-18-11-13-20(14-12-18)27-23(30)16-33(32)17-24(31)28(21-9-5-2-6-10-21)15-22(29)26-19-7-3-1-4-8-19/h11-14,19,21H,1-10,15-17H2,(H,26,29)(H,27,30)/t33-/m0/s1. The lowest BCUT2D eigenvalue weighted by Crippen LogP contribution is -2.50. The number of carbonyl (C=O) groups excluding carboxylic acids is 3. The largest absolute Gasteiger partial charge is 0.352 e. The van der Waals surface area contributed by atoms with Gasteiger partial charge < -0.3 is 15.5 Å². The van der Waals surface area contributed by atoms with E-state index in [2.05, 4.69) is 10.6 Å². The zero-order valence-corrected chi connectivity index (χ0v) is 19.8. The van der Waals surface area contributed by atoms with Crippen LogP contribution >= 0.6 is 0 Å². The van der Waals surface area contributed by atoms with E-state index in [0.717, 1.165) is 57.8 Å². The Bertz CT molecular complexity index is 837. The van der Waals surface area contributed by atoms with Crippen LogP contribution in [-0.4, -0.2) is 57.0 Å². The van der Waals surface area contributed by atoms with Crippen LogP contribution in [0.4, 0.5) is 10.1 Å². The van der Waals surface area contributed by atoms with Crippen LogP contribution in [0.1, 0.15) is 64.2 Å². The third-order valence-corrected chi connectivity index (χ3v) is 7.48. The van der Waals surface area contributed by atoms with Crippen LogP contribution in [0.3, 0.4) is 0 Å². The highest BCUT2D eigenvalue weighted by Crippen LogP contribution is 2.23. The molecule has 1 aromatic rings. The predicted octanol–water partition coefficient (Wildman–Crippen LogP) is 3.12. The Morgan fingerprint density at radius 3 is 2.12 bits per heavy atom. The van der Waals surface area contributed by atoms with Gasteiger partial charge in [-0.25, -0.2) is 4.39 Å². The first kappa shape index (κ1) is 25.3. The summed E-state index contributed by atoms with van der Waals surface area (Å²) in [5, 5.41) is 5.62. The Balaban J connectivity index is 1.54. The molecule has 0 aliphatic heterocycles. The number of anilines is 1. The van der Waals surface area contributed by atoms with Gasteiger partial charge in [0.05, 0.1) is 6.54 Å². The molecule has 0 bridgehead atoms. The molecule has 0 spiro atoms. The van der Waals surface area contributed by atoms with Crippen molar-refractivity contribution in [1.29, 1.82) is 0 Å². The molecule has 33 heavy (non-hydrogen) atoms. The molecule has 1 atom stereocenters. The van der Waals surface area contributed by atoms with Gasteiger partial charge in [0.25, 0.3) is 0 Å². The van der Waals surface area contributed by atoms with Gasteiger partial charge in [0.1, 0.15) is 17.3 Å². The summed E-state index contributed by atoms with van der Waals surface area (Å²) >= 11 is 0. The molecule has 0 saturated heterocycles. The van der Waals surface area contributed by atoms with E-state index in [1.807, 2.05) is 0 Å². The van der Waals surface area contributed by atoms with E-state index in [4.69, 9.17) is 0 Å². The normalized spacial score (nSPS) is 18.3. The number of nitrogens with zero attached hydrogens (tertiary/aromatic N) is 1. The minimum absolute atomic E-state index is 0.0288. The Hall–Kier alpha value is -2.29. The summed E-state index contributed by atoms with van der Waals surface area (Å²) in [6.45, 7) is -0.0288. The minimum Gasteiger partial charge on any atom is -0.352 e. The zero-order chi connectivity index (χ0) is 23.6. The Labute approximate surface area is 197 Å². The first-order valence-corrected chi connectivity index (χ1v) is 13.4. The van der Waals surface area contributed by atoms with Crippen molar-refractivity contribution in [3.05, 3.63) is 30.1 Å². The number of nitrogens with one attached hydrogen (secondary N) is 2. The van der Waals surface area contributed by atoms with E-state index >= 15 is 0 Å². The molecule has 2 fully saturated rings. The fourth-order valence-corrected chi connectivity index (χ4v) is 5.54. The smallest absolute Gasteiger partial charge is 0.239 e. The molecule has 0 radical (unpaired) electrons. The number of carbonyl (C=O) groups is 3. The molecule has 2 N–H and O–H groups in total. The van der Waals surface area contributed by atoms with Gasteiger partial charge in [-0.1, -0.05) is 38.5 Å². The molecule has 0 unspecified atom stereocenters. The molecule has 9 heteroatoms. The summed E-state index contributed by atoms with van der Waals surface area (Å²) in [4.78, 5) is 39.5. The summed E-state index contributed by atoms with van der Waals surface area (Å²) in [5.41, 5.74) is 0.396. The summed E-state index contributed by atoms with van der Waals surface area (Å²) in [7, 11) is -1.71. The van der Waals surface area contributed by atoms with Crippen LogP contribution < -0.4 is 10.6 Å². The van der Waals surface area contributed by atoms with Gasteiger partial charge in [0.15, 0.2) is 0 Å². The average molecular weight is 480 g/mol. The lowest BCUT2D eigenvalue weighted by molar-refractivity contribution is -0.137. The number of hydrogen-bond acceptors (Lipinski definition) is 4. The van der Waals surface area contributed by atoms with Crippen molar-refractivity contribution in [3.63, 3.8) is 0 Å². The highest BCUT2D eigenvalue weighted by Gasteiger charge is 2.29. The molecule has 0 aromatic heterocycles. The number of benzene rings is 1. The topological polar surface area (TPSA) is 95.6 Å². The maximum atomic E-state index is 13.0. The summed E-state index contributed by atoms with van der Waals surface area (Å²) < 4.78 is 25.5. The molecule has 3 rings (SSSR count). The summed E-state index contributed by atoms with van der Waals surface area (Å²) in [6.07, 6.45) is 10.1. The summed E-state index contributed by atoms with van der Waals surface area (Å²) in [6, 6.07) is 5.40. The second-order valence-electron chi connectivity index (χ2n) is 9.00. The lowest BCUT2D eigenvalue weighted by atomic mass is 9.94. The average Bonchev–Trinajstić information content (AvgIpc) is 2.80. The van der Waals surface area contributed by atoms with Crippen LogP contribution in [0, 0.1) is 5.82 Å². The van der Waals surface area contributed by atoms with Gasteiger partial charge in [-0.15, -0.1) is 0 Å². The maximum Gasteiger partial charge on any atom is 0.239 e. The molecule has 2 aliphatic carbocycles. The van der Waals surface area contributed by atoms with Crippen LogP contribution in [0.5, 0.6) is 0 Å². The molecule has 182 valence electrons. The Morgan fingerprint density at radius 2 is 1.48 bits per heavy atom. The minimum atomic E-state index is -1.71. The fraction of sp³-hybridized carbons (Fsp3) is 0.625. The van der Waals surface area contributed by atoms with Crippen molar-refractivity contribution in [1.82, 2.24) is 10.2 Å². The van der Waals surface area contributed by atoms with Gasteiger partial charge in [0, 0.05) is 28.6 Å². The first-order valence-electron chi connectivity index (χ1n) is 11.9. The van der Waals surface area contributed by atoms with Crippen molar-refractivity contribution < 1.29 is 23.0 Å². The quantitative estimate of drug-likeness (QED) is 0.569. The number of rotatable bonds is 9. The van der Waals surface area contributed by atoms with Crippen molar-refractivity contribution in [2.45, 2.75) is 76.3 Å². The molecule has 7 nitrogen and oxygen atoms in total. The van der Waals surface area contributed by atoms with Crippen molar-refractivity contribution >= 4 is 34.2 Å². The van der Waals surface area contributed by atoms with E-state index in [-0.39, 0.29) is 41.9 Å². The van der Waals surface area contributed by atoms with E-state index < -0.39 is 22.5 Å². The van der Waals surface area contributed by atoms with Crippen LogP contribution in [0.25, 0.3) is 0 Å². The second kappa shape index (κ2) is 12.8. The van der Waals surface area contributed by atoms with Crippen LogP contribution in [0.2, 0.25) is 0 Å². The number of amides is 3. The van der Waals surface area contributed by atoms with Crippen LogP contribution in [-0.2, 0) is 25.2 Å². The highest BCUT2D eigenvalue weighted by atomic mass is 32.2. The monoisotopic (exact) mass is 479 g/mol. The van der Waals surface area contributed by atoms with Gasteiger partial charge in [-0.05, 0) is 49.9 Å². The third kappa shape index (κ3) is 8.53. The van der Waals surface area contributed by atoms with E-state index in [1.54, 1.807) is 4.90 Å². The lowest BCUT2D eigenvalue weighted by Gasteiger charge is -2.34. The molecule has 2 aliphatic rings. The maximum absolute atomic E-state index is 13.0. The van der Waals surface area contributed by atoms with Gasteiger partial charge in [-0.3, -0.25) is 18.6 Å². The van der Waals surface area contributed by atoms with Crippen molar-refractivity contribution in [2.75, 3.05) is 23.4 Å². The molecule has 3 amide bonds. The molecule has 2 saturated carbocycles. The third-order valence-electron chi connectivity index (χ3n) is 6.32. The van der Waals surface area contributed by atoms with Crippen LogP contribution in [0.15, 0.2) is 24.3 Å². The summed E-state index contributed by atoms with van der Waals surface area (Å²) in [5.74, 6) is -2.08. The van der Waals surface area contributed by atoms with E-state index in [1.165, 1.54) is 30.7 Å². The molecular formula is C24H34FN3O4S. The van der Waals surface area contributed by atoms with E-state index in [9.17, 15) is 23.0 Å². The number of hydrogen-bond donors (Lipinski definition) is 2. The first-order chi connectivity index (χ1) is 15.9. The SMILES string of the molecule is O=C(C[S@](=O)CC(=O)N(CC(=O)NC1CCCCC1)C1CCCCC1)Nc1ccc(F)cc1. The molecule has 1 aromatic carbocycles. The zero-order valence-electron chi connectivity index (χ0n) is 19.0. The molecule has 0 heterocycles. The van der Waals surface area contributed by atoms with Gasteiger partial charge in [-0.2, -0.15) is 0 Å². The van der Waals surface area contributed by atoms with Crippen molar-refractivity contribution in [2.24, 2.45) is 0 Å². The Morgan fingerprint density at radius 1 is 0.879 bits per heavy atom. The fourth-order valence-electron chi connectivity index (χ4n) is 4.64. The van der Waals surface area contributed by atoms with E-state index in [0.29, 0.717) is 5.69 Å². The molecular weight excluding hydrogens is 445 g/mol. The predicted molar refractivity (Wildman–Crippen MR) is 127 cm³/mol. The van der Waals surface area contributed by atoms with Gasteiger partial charge >= 0.3 is 0 Å². The van der Waals surface area contributed by atoms with Gasteiger partial charge in [0.2, 0.25) is 17.7 Å². The highest BCUT2D eigenvalue weighted by molar-refractivity contribution is 7.86. The Kier molecular flexibility index (Phi) is 9.84.